The van der Waals surface area contributed by atoms with E-state index in [4.69, 9.17) is 16.3 Å². The molecular weight excluding hydrogens is 394 g/mol. The molecule has 1 saturated heterocycles. The molecule has 1 N–H and O–H groups in total. The first-order valence-electron chi connectivity index (χ1n) is 9.66. The van der Waals surface area contributed by atoms with Crippen LogP contribution < -0.4 is 5.32 Å². The molecule has 3 heterocycles. The van der Waals surface area contributed by atoms with E-state index >= 15 is 0 Å². The van der Waals surface area contributed by atoms with Crippen molar-refractivity contribution < 1.29 is 14.3 Å². The maximum Gasteiger partial charge on any atom is 0.246 e. The van der Waals surface area contributed by atoms with Crippen LogP contribution in [-0.4, -0.2) is 84.0 Å². The number of halogens is 1. The van der Waals surface area contributed by atoms with E-state index in [-0.39, 0.29) is 11.8 Å². The van der Waals surface area contributed by atoms with Crippen molar-refractivity contribution >= 4 is 35.1 Å². The van der Waals surface area contributed by atoms with Gasteiger partial charge in [-0.2, -0.15) is 0 Å². The number of aromatic nitrogens is 2. The Kier molecular flexibility index (Phi) is 7.62. The molecule has 9 heteroatoms. The zero-order valence-corrected chi connectivity index (χ0v) is 17.3. The van der Waals surface area contributed by atoms with Crippen LogP contribution in [0.25, 0.3) is 11.7 Å². The molecule has 8 nitrogen and oxygen atoms in total. The topological polar surface area (TPSA) is 79.2 Å². The molecule has 156 valence electrons. The molecule has 2 aromatic heterocycles. The summed E-state index contributed by atoms with van der Waals surface area (Å²) in [5.74, 6) is -0.0707. The molecule has 29 heavy (non-hydrogen) atoms. The fraction of sp³-hybridized carbons (Fsp3) is 0.450. The van der Waals surface area contributed by atoms with Gasteiger partial charge in [-0.3, -0.25) is 18.9 Å². The Labute approximate surface area is 175 Å². The van der Waals surface area contributed by atoms with Crippen molar-refractivity contribution in [2.75, 3.05) is 53.0 Å². The lowest BCUT2D eigenvalue weighted by molar-refractivity contribution is -0.128. The maximum atomic E-state index is 12.5. The number of methoxy groups -OCH3 is 1. The molecule has 2 aromatic rings. The third kappa shape index (κ3) is 5.79. The van der Waals surface area contributed by atoms with Gasteiger partial charge in [-0.25, -0.2) is 4.98 Å². The van der Waals surface area contributed by atoms with Crippen molar-refractivity contribution in [2.24, 2.45) is 0 Å². The standard InChI is InChI=1S/C20H26ClN5O3/c1-29-14-4-8-22-18(27)15-24-10-12-25(13-11-24)19(28)7-6-16-20(21)23-17-5-2-3-9-26(16)17/h2-3,5-7,9H,4,8,10-15H2,1H3,(H,22,27)/b7-6+. The Balaban J connectivity index is 1.47. The summed E-state index contributed by atoms with van der Waals surface area (Å²) < 4.78 is 6.80. The third-order valence-electron chi connectivity index (χ3n) is 4.80. The molecule has 2 amide bonds. The normalized spacial score (nSPS) is 15.3. The summed E-state index contributed by atoms with van der Waals surface area (Å²) in [6, 6.07) is 5.63. The minimum absolute atomic E-state index is 0.00280. The van der Waals surface area contributed by atoms with Gasteiger partial charge in [0.2, 0.25) is 11.8 Å². The van der Waals surface area contributed by atoms with Crippen LogP contribution in [0.15, 0.2) is 30.5 Å². The Morgan fingerprint density at radius 2 is 2.07 bits per heavy atom. The number of carbonyl (C=O) groups is 2. The first-order valence-corrected chi connectivity index (χ1v) is 10.0. The summed E-state index contributed by atoms with van der Waals surface area (Å²) in [5, 5.41) is 3.24. The second-order valence-corrected chi connectivity index (χ2v) is 7.21. The van der Waals surface area contributed by atoms with Gasteiger partial charge in [0.15, 0.2) is 5.15 Å². The van der Waals surface area contributed by atoms with Gasteiger partial charge in [0, 0.05) is 58.7 Å². The van der Waals surface area contributed by atoms with Gasteiger partial charge < -0.3 is 15.0 Å². The largest absolute Gasteiger partial charge is 0.385 e. The molecule has 3 rings (SSSR count). The number of ether oxygens (including phenoxy) is 1. The third-order valence-corrected chi connectivity index (χ3v) is 5.08. The Bertz CT molecular complexity index is 874. The average molecular weight is 420 g/mol. The fourth-order valence-corrected chi connectivity index (χ4v) is 3.46. The van der Waals surface area contributed by atoms with E-state index < -0.39 is 0 Å². The van der Waals surface area contributed by atoms with E-state index in [1.807, 2.05) is 28.8 Å². The molecule has 1 aliphatic rings. The van der Waals surface area contributed by atoms with Gasteiger partial charge >= 0.3 is 0 Å². The number of nitrogens with zero attached hydrogens (tertiary/aromatic N) is 4. The summed E-state index contributed by atoms with van der Waals surface area (Å²) in [4.78, 5) is 32.6. The maximum absolute atomic E-state index is 12.5. The minimum Gasteiger partial charge on any atom is -0.385 e. The number of pyridine rings is 1. The van der Waals surface area contributed by atoms with Crippen LogP contribution >= 0.6 is 11.6 Å². The van der Waals surface area contributed by atoms with Gasteiger partial charge in [0.25, 0.3) is 0 Å². The van der Waals surface area contributed by atoms with E-state index in [2.05, 4.69) is 15.2 Å². The molecule has 1 aliphatic heterocycles. The Morgan fingerprint density at radius 1 is 1.28 bits per heavy atom. The number of imidazole rings is 1. The van der Waals surface area contributed by atoms with Crippen molar-refractivity contribution in [3.63, 3.8) is 0 Å². The van der Waals surface area contributed by atoms with E-state index in [0.29, 0.717) is 56.7 Å². The van der Waals surface area contributed by atoms with E-state index in [9.17, 15) is 9.59 Å². The van der Waals surface area contributed by atoms with Crippen molar-refractivity contribution in [3.05, 3.63) is 41.3 Å². The van der Waals surface area contributed by atoms with Crippen LogP contribution in [0.4, 0.5) is 0 Å². The molecule has 0 spiro atoms. The summed E-state index contributed by atoms with van der Waals surface area (Å²) in [7, 11) is 1.64. The number of hydrogen-bond donors (Lipinski definition) is 1. The van der Waals surface area contributed by atoms with Crippen molar-refractivity contribution in [3.8, 4) is 0 Å². The highest BCUT2D eigenvalue weighted by Gasteiger charge is 2.21. The monoisotopic (exact) mass is 419 g/mol. The first kappa shape index (κ1) is 21.3. The van der Waals surface area contributed by atoms with Crippen LogP contribution in [0.2, 0.25) is 5.15 Å². The zero-order chi connectivity index (χ0) is 20.6. The molecule has 0 aliphatic carbocycles. The molecule has 0 atom stereocenters. The van der Waals surface area contributed by atoms with Crippen LogP contribution in [0.1, 0.15) is 12.1 Å². The molecule has 1 fully saturated rings. The first-order chi connectivity index (χ1) is 14.1. The number of fused-ring (bicyclic) bond motifs is 1. The van der Waals surface area contributed by atoms with Gasteiger partial charge in [-0.15, -0.1) is 0 Å². The molecule has 0 bridgehead atoms. The van der Waals surface area contributed by atoms with Crippen molar-refractivity contribution in [2.45, 2.75) is 6.42 Å². The summed E-state index contributed by atoms with van der Waals surface area (Å²) >= 11 is 6.20. The summed E-state index contributed by atoms with van der Waals surface area (Å²) in [6.45, 7) is 4.10. The lowest BCUT2D eigenvalue weighted by atomic mass is 10.3. The quantitative estimate of drug-likeness (QED) is 0.515. The second kappa shape index (κ2) is 10.4. The second-order valence-electron chi connectivity index (χ2n) is 6.85. The van der Waals surface area contributed by atoms with Gasteiger partial charge in [-0.05, 0) is 24.6 Å². The van der Waals surface area contributed by atoms with Gasteiger partial charge in [0.05, 0.1) is 12.2 Å². The number of carbonyl (C=O) groups excluding carboxylic acids is 2. The lowest BCUT2D eigenvalue weighted by Gasteiger charge is -2.33. The molecule has 0 saturated carbocycles. The predicted octanol–water partition coefficient (Wildman–Crippen LogP) is 1.30. The average Bonchev–Trinajstić information content (AvgIpc) is 3.05. The Morgan fingerprint density at radius 3 is 2.83 bits per heavy atom. The SMILES string of the molecule is COCCCNC(=O)CN1CCN(C(=O)/C=C/c2c(Cl)nc3ccccn23)CC1. The number of hydrogen-bond acceptors (Lipinski definition) is 5. The van der Waals surface area contributed by atoms with Crippen LogP contribution in [0.3, 0.4) is 0 Å². The smallest absolute Gasteiger partial charge is 0.246 e. The lowest BCUT2D eigenvalue weighted by Crippen LogP contribution is -2.50. The number of amides is 2. The van der Waals surface area contributed by atoms with Crippen molar-refractivity contribution in [1.82, 2.24) is 24.5 Å². The molecule has 0 radical (unpaired) electrons. The minimum atomic E-state index is -0.0735. The molecule has 0 aromatic carbocycles. The summed E-state index contributed by atoms with van der Waals surface area (Å²) in [6.07, 6.45) is 5.88. The Hall–Kier alpha value is -2.42. The van der Waals surface area contributed by atoms with Crippen LogP contribution in [0, 0.1) is 0 Å². The van der Waals surface area contributed by atoms with Crippen LogP contribution in [0.5, 0.6) is 0 Å². The van der Waals surface area contributed by atoms with Crippen molar-refractivity contribution in [1.29, 1.82) is 0 Å². The van der Waals surface area contributed by atoms with Crippen LogP contribution in [-0.2, 0) is 14.3 Å². The van der Waals surface area contributed by atoms with Gasteiger partial charge in [-0.1, -0.05) is 17.7 Å². The summed E-state index contributed by atoms with van der Waals surface area (Å²) in [5.41, 5.74) is 1.41. The fourth-order valence-electron chi connectivity index (χ4n) is 3.22. The molecular formula is C20H26ClN5O3. The number of rotatable bonds is 8. The highest BCUT2D eigenvalue weighted by molar-refractivity contribution is 6.31. The number of piperazine rings is 1. The highest BCUT2D eigenvalue weighted by Crippen LogP contribution is 2.19. The predicted molar refractivity (Wildman–Crippen MR) is 112 cm³/mol. The van der Waals surface area contributed by atoms with E-state index in [1.165, 1.54) is 6.08 Å². The van der Waals surface area contributed by atoms with E-state index in [1.54, 1.807) is 18.1 Å². The highest BCUT2D eigenvalue weighted by atomic mass is 35.5. The number of nitrogens with one attached hydrogen (secondary N) is 1. The van der Waals surface area contributed by atoms with Gasteiger partial charge in [0.1, 0.15) is 5.65 Å². The molecule has 0 unspecified atom stereocenters. The zero-order valence-electron chi connectivity index (χ0n) is 16.5. The van der Waals surface area contributed by atoms with E-state index in [0.717, 1.165) is 12.1 Å².